The highest BCUT2D eigenvalue weighted by Gasteiger charge is 2.13. The predicted molar refractivity (Wildman–Crippen MR) is 97.2 cm³/mol. The van der Waals surface area contributed by atoms with E-state index < -0.39 is 0 Å². The van der Waals surface area contributed by atoms with Crippen LogP contribution in [-0.2, 0) is 0 Å². The first-order valence-electron chi connectivity index (χ1n) is 8.84. The summed E-state index contributed by atoms with van der Waals surface area (Å²) in [5.41, 5.74) is 1.34. The van der Waals surface area contributed by atoms with Crippen LogP contribution in [0.2, 0.25) is 0 Å². The maximum absolute atomic E-state index is 11.1. The molecule has 0 amide bonds. The average molecular weight is 343 g/mol. The second-order valence-electron chi connectivity index (χ2n) is 6.38. The average Bonchev–Trinajstić information content (AvgIpc) is 2.67. The van der Waals surface area contributed by atoms with Crippen molar-refractivity contribution in [2.75, 3.05) is 26.8 Å². The number of aromatic amines is 1. The van der Waals surface area contributed by atoms with Gasteiger partial charge in [0.05, 0.1) is 19.4 Å². The van der Waals surface area contributed by atoms with Crippen LogP contribution >= 0.6 is 0 Å². The van der Waals surface area contributed by atoms with Gasteiger partial charge in [-0.3, -0.25) is 4.79 Å². The van der Waals surface area contributed by atoms with Crippen molar-refractivity contribution in [2.45, 2.75) is 25.7 Å². The Bertz CT molecular complexity index is 718. The number of benzene rings is 1. The third kappa shape index (κ3) is 4.82. The summed E-state index contributed by atoms with van der Waals surface area (Å²) in [6, 6.07) is 8.83. The van der Waals surface area contributed by atoms with Crippen LogP contribution in [-0.4, -0.2) is 37.0 Å². The van der Waals surface area contributed by atoms with Gasteiger partial charge in [0.25, 0.3) is 5.56 Å². The molecule has 0 radical (unpaired) electrons. The topological polar surface area (TPSA) is 76.2 Å². The van der Waals surface area contributed by atoms with Crippen molar-refractivity contribution in [3.63, 3.8) is 0 Å². The lowest BCUT2D eigenvalue weighted by molar-refractivity contribution is 0.264. The van der Waals surface area contributed by atoms with E-state index in [1.165, 1.54) is 25.3 Å². The molecule has 1 aromatic carbocycles. The first-order valence-corrected chi connectivity index (χ1v) is 8.84. The number of ether oxygens (including phenoxy) is 2. The zero-order valence-electron chi connectivity index (χ0n) is 14.6. The Morgan fingerprint density at radius 3 is 2.88 bits per heavy atom. The Kier molecular flexibility index (Phi) is 6.06. The molecule has 2 heterocycles. The van der Waals surface area contributed by atoms with Gasteiger partial charge in [-0.25, -0.2) is 5.10 Å². The number of rotatable bonds is 7. The molecule has 6 heteroatoms. The van der Waals surface area contributed by atoms with Gasteiger partial charge in [0.1, 0.15) is 0 Å². The van der Waals surface area contributed by atoms with Gasteiger partial charge in [-0.15, -0.1) is 0 Å². The summed E-state index contributed by atoms with van der Waals surface area (Å²) in [7, 11) is 1.62. The number of nitrogens with zero attached hydrogens (tertiary/aromatic N) is 1. The summed E-state index contributed by atoms with van der Waals surface area (Å²) in [5.74, 6) is 2.18. The summed E-state index contributed by atoms with van der Waals surface area (Å²) in [5, 5.41) is 9.93. The van der Waals surface area contributed by atoms with Crippen molar-refractivity contribution < 1.29 is 9.47 Å². The SMILES string of the molecule is COc1cc(-c2ccc(=O)[nH]n2)ccc1OCCCC1CCCNC1. The fourth-order valence-corrected chi connectivity index (χ4v) is 3.18. The minimum absolute atomic E-state index is 0.219. The van der Waals surface area contributed by atoms with Gasteiger partial charge < -0.3 is 14.8 Å². The highest BCUT2D eigenvalue weighted by atomic mass is 16.5. The summed E-state index contributed by atoms with van der Waals surface area (Å²) >= 11 is 0. The number of methoxy groups -OCH3 is 1. The largest absolute Gasteiger partial charge is 0.493 e. The molecule has 1 saturated heterocycles. The smallest absolute Gasteiger partial charge is 0.264 e. The molecular weight excluding hydrogens is 318 g/mol. The number of aromatic nitrogens is 2. The van der Waals surface area contributed by atoms with E-state index in [1.807, 2.05) is 18.2 Å². The van der Waals surface area contributed by atoms with Crippen LogP contribution in [0.1, 0.15) is 25.7 Å². The molecule has 25 heavy (non-hydrogen) atoms. The Labute approximate surface area is 147 Å². The minimum Gasteiger partial charge on any atom is -0.493 e. The summed E-state index contributed by atoms with van der Waals surface area (Å²) in [6.07, 6.45) is 4.82. The maximum Gasteiger partial charge on any atom is 0.264 e. The molecule has 0 spiro atoms. The van der Waals surface area contributed by atoms with Gasteiger partial charge in [-0.1, -0.05) is 0 Å². The van der Waals surface area contributed by atoms with E-state index in [-0.39, 0.29) is 5.56 Å². The van der Waals surface area contributed by atoms with Crippen LogP contribution in [0.3, 0.4) is 0 Å². The standard InChI is InChI=1S/C19H25N3O3/c1-24-18-12-15(16-7-9-19(23)22-21-16)6-8-17(18)25-11-3-5-14-4-2-10-20-13-14/h6-9,12,14,20H,2-5,10-11,13H2,1H3,(H,22,23). The predicted octanol–water partition coefficient (Wildman–Crippen LogP) is 2.60. The first kappa shape index (κ1) is 17.5. The maximum atomic E-state index is 11.1. The Morgan fingerprint density at radius 1 is 1.24 bits per heavy atom. The van der Waals surface area contributed by atoms with Crippen molar-refractivity contribution in [1.82, 2.24) is 15.5 Å². The quantitative estimate of drug-likeness (QED) is 0.756. The van der Waals surface area contributed by atoms with Crippen LogP contribution in [0.4, 0.5) is 0 Å². The molecule has 1 unspecified atom stereocenters. The van der Waals surface area contributed by atoms with Crippen LogP contribution in [0.25, 0.3) is 11.3 Å². The summed E-state index contributed by atoms with van der Waals surface area (Å²) in [4.78, 5) is 11.1. The number of nitrogens with one attached hydrogen (secondary N) is 2. The Hall–Kier alpha value is -2.34. The molecule has 0 saturated carbocycles. The molecule has 2 N–H and O–H groups in total. The van der Waals surface area contributed by atoms with Gasteiger partial charge >= 0.3 is 0 Å². The highest BCUT2D eigenvalue weighted by Crippen LogP contribution is 2.31. The van der Waals surface area contributed by atoms with E-state index >= 15 is 0 Å². The molecule has 6 nitrogen and oxygen atoms in total. The molecule has 1 aliphatic rings. The van der Waals surface area contributed by atoms with Crippen molar-refractivity contribution in [3.8, 4) is 22.8 Å². The fraction of sp³-hybridized carbons (Fsp3) is 0.474. The van der Waals surface area contributed by atoms with E-state index in [2.05, 4.69) is 15.5 Å². The second-order valence-corrected chi connectivity index (χ2v) is 6.38. The van der Waals surface area contributed by atoms with Crippen LogP contribution in [0, 0.1) is 5.92 Å². The lowest BCUT2D eigenvalue weighted by atomic mass is 9.95. The number of H-pyrrole nitrogens is 1. The van der Waals surface area contributed by atoms with E-state index in [1.54, 1.807) is 13.2 Å². The van der Waals surface area contributed by atoms with Gasteiger partial charge in [0, 0.05) is 11.6 Å². The molecule has 1 fully saturated rings. The van der Waals surface area contributed by atoms with E-state index in [4.69, 9.17) is 9.47 Å². The molecule has 2 aromatic rings. The Balaban J connectivity index is 1.57. The Morgan fingerprint density at radius 2 is 2.16 bits per heavy atom. The van der Waals surface area contributed by atoms with Gasteiger partial charge in [-0.05, 0) is 69.0 Å². The fourth-order valence-electron chi connectivity index (χ4n) is 3.18. The third-order valence-electron chi connectivity index (χ3n) is 4.55. The zero-order valence-corrected chi connectivity index (χ0v) is 14.6. The molecule has 0 aliphatic carbocycles. The van der Waals surface area contributed by atoms with Gasteiger partial charge in [0.15, 0.2) is 11.5 Å². The van der Waals surface area contributed by atoms with E-state index in [0.717, 1.165) is 36.7 Å². The van der Waals surface area contributed by atoms with Crippen LogP contribution in [0.15, 0.2) is 35.1 Å². The molecule has 3 rings (SSSR count). The minimum atomic E-state index is -0.219. The molecular formula is C19H25N3O3. The first-order chi connectivity index (χ1) is 12.3. The zero-order chi connectivity index (χ0) is 17.5. The van der Waals surface area contributed by atoms with Crippen LogP contribution in [0.5, 0.6) is 11.5 Å². The highest BCUT2D eigenvalue weighted by molar-refractivity contribution is 5.63. The second kappa shape index (κ2) is 8.67. The molecule has 1 aromatic heterocycles. The monoisotopic (exact) mass is 343 g/mol. The summed E-state index contributed by atoms with van der Waals surface area (Å²) in [6.45, 7) is 2.97. The summed E-state index contributed by atoms with van der Waals surface area (Å²) < 4.78 is 11.3. The lowest BCUT2D eigenvalue weighted by Crippen LogP contribution is -2.29. The van der Waals surface area contributed by atoms with Crippen molar-refractivity contribution in [2.24, 2.45) is 5.92 Å². The van der Waals surface area contributed by atoms with Gasteiger partial charge in [-0.2, -0.15) is 5.10 Å². The number of piperidine rings is 1. The third-order valence-corrected chi connectivity index (χ3v) is 4.55. The van der Waals surface area contributed by atoms with E-state index in [9.17, 15) is 4.79 Å². The number of hydrogen-bond acceptors (Lipinski definition) is 5. The molecule has 1 aliphatic heterocycles. The van der Waals surface area contributed by atoms with Crippen molar-refractivity contribution in [3.05, 3.63) is 40.7 Å². The van der Waals surface area contributed by atoms with E-state index in [0.29, 0.717) is 18.1 Å². The van der Waals surface area contributed by atoms with Gasteiger partial charge in [0.2, 0.25) is 0 Å². The lowest BCUT2D eigenvalue weighted by Gasteiger charge is -2.22. The van der Waals surface area contributed by atoms with Crippen molar-refractivity contribution in [1.29, 1.82) is 0 Å². The van der Waals surface area contributed by atoms with Crippen molar-refractivity contribution >= 4 is 0 Å². The molecule has 0 bridgehead atoms. The number of hydrogen-bond donors (Lipinski definition) is 2. The molecule has 1 atom stereocenters. The van der Waals surface area contributed by atoms with Crippen LogP contribution < -0.4 is 20.3 Å². The normalized spacial score (nSPS) is 17.2. The molecule has 134 valence electrons.